The Morgan fingerprint density at radius 2 is 1.83 bits per heavy atom. The van der Waals surface area contributed by atoms with E-state index < -0.39 is 0 Å². The minimum absolute atomic E-state index is 0.546. The molecular weight excluding hydrogens is 304 g/mol. The van der Waals surface area contributed by atoms with E-state index in [2.05, 4.69) is 48.7 Å². The van der Waals surface area contributed by atoms with Crippen molar-refractivity contribution in [3.8, 4) is 5.75 Å². The normalized spacial score (nSPS) is 11.7. The zero-order valence-corrected chi connectivity index (χ0v) is 15.0. The summed E-state index contributed by atoms with van der Waals surface area (Å²) >= 11 is 5.40. The summed E-state index contributed by atoms with van der Waals surface area (Å²) in [5, 5.41) is 6.95. The van der Waals surface area contributed by atoms with Crippen molar-refractivity contribution in [2.24, 2.45) is 0 Å². The molecule has 2 N–H and O–H groups in total. The van der Waals surface area contributed by atoms with E-state index >= 15 is 0 Å². The number of nitrogens with one attached hydrogen (secondary N) is 2. The summed E-state index contributed by atoms with van der Waals surface area (Å²) in [5.41, 5.74) is 4.33. The van der Waals surface area contributed by atoms with Crippen LogP contribution in [0.1, 0.15) is 37.3 Å². The fourth-order valence-corrected chi connectivity index (χ4v) is 2.56. The molecule has 0 heterocycles. The van der Waals surface area contributed by atoms with Gasteiger partial charge in [-0.1, -0.05) is 32.0 Å². The fraction of sp³-hybridized carbons (Fsp3) is 0.316. The van der Waals surface area contributed by atoms with E-state index in [9.17, 15) is 0 Å². The monoisotopic (exact) mass is 328 g/mol. The van der Waals surface area contributed by atoms with E-state index in [1.165, 1.54) is 5.56 Å². The molecule has 0 aliphatic rings. The van der Waals surface area contributed by atoms with Gasteiger partial charge in [0.25, 0.3) is 0 Å². The Labute approximate surface area is 144 Å². The molecule has 3 nitrogen and oxygen atoms in total. The van der Waals surface area contributed by atoms with E-state index in [1.54, 1.807) is 7.11 Å². The Balaban J connectivity index is 2.04. The first kappa shape index (κ1) is 17.3. The Bertz CT molecular complexity index is 668. The van der Waals surface area contributed by atoms with Gasteiger partial charge >= 0.3 is 0 Å². The van der Waals surface area contributed by atoms with Crippen molar-refractivity contribution < 1.29 is 4.74 Å². The van der Waals surface area contributed by atoms with Gasteiger partial charge in [0.2, 0.25) is 0 Å². The highest BCUT2D eigenvalue weighted by molar-refractivity contribution is 7.80. The Hall–Kier alpha value is -2.07. The molecule has 0 aliphatic heterocycles. The molecule has 1 atom stereocenters. The second kappa shape index (κ2) is 7.97. The maximum absolute atomic E-state index is 5.40. The fourth-order valence-electron chi connectivity index (χ4n) is 2.33. The Kier molecular flexibility index (Phi) is 5.99. The van der Waals surface area contributed by atoms with Crippen molar-refractivity contribution in [1.29, 1.82) is 0 Å². The van der Waals surface area contributed by atoms with Gasteiger partial charge in [0, 0.05) is 5.69 Å². The van der Waals surface area contributed by atoms with Crippen LogP contribution in [0.15, 0.2) is 42.5 Å². The molecular formula is C19H24N2OS. The molecule has 4 heteroatoms. The van der Waals surface area contributed by atoms with Gasteiger partial charge in [0.05, 0.1) is 12.8 Å². The van der Waals surface area contributed by atoms with Gasteiger partial charge in [0.1, 0.15) is 5.75 Å². The quantitative estimate of drug-likeness (QED) is 0.727. The van der Waals surface area contributed by atoms with Crippen LogP contribution in [0, 0.1) is 6.92 Å². The van der Waals surface area contributed by atoms with E-state index in [1.807, 2.05) is 25.1 Å². The SMILES string of the molecule is CCC(C)c1ccc(NC(=S)Nc2cc(C)ccc2OC)cc1. The lowest BCUT2D eigenvalue weighted by Gasteiger charge is -2.15. The highest BCUT2D eigenvalue weighted by Gasteiger charge is 2.06. The molecule has 23 heavy (non-hydrogen) atoms. The number of anilines is 2. The highest BCUT2D eigenvalue weighted by Crippen LogP contribution is 2.25. The molecule has 0 saturated carbocycles. The van der Waals surface area contributed by atoms with Gasteiger partial charge in [-0.2, -0.15) is 0 Å². The average molecular weight is 328 g/mol. The van der Waals surface area contributed by atoms with E-state index in [-0.39, 0.29) is 0 Å². The molecule has 0 aromatic heterocycles. The lowest BCUT2D eigenvalue weighted by molar-refractivity contribution is 0.417. The van der Waals surface area contributed by atoms with Crippen LogP contribution in [0.4, 0.5) is 11.4 Å². The number of hydrogen-bond acceptors (Lipinski definition) is 2. The van der Waals surface area contributed by atoms with Crippen molar-refractivity contribution in [3.63, 3.8) is 0 Å². The standard InChI is InChI=1S/C19H24N2OS/c1-5-14(3)15-7-9-16(10-8-15)20-19(23)21-17-12-13(2)6-11-18(17)22-4/h6-12,14H,5H2,1-4H3,(H2,20,21,23). The molecule has 0 fully saturated rings. The number of methoxy groups -OCH3 is 1. The summed E-state index contributed by atoms with van der Waals surface area (Å²) in [4.78, 5) is 0. The maximum atomic E-state index is 5.40. The minimum Gasteiger partial charge on any atom is -0.495 e. The molecule has 0 aliphatic carbocycles. The van der Waals surface area contributed by atoms with Crippen molar-refractivity contribution >= 4 is 28.7 Å². The minimum atomic E-state index is 0.546. The smallest absolute Gasteiger partial charge is 0.175 e. The molecule has 1 unspecified atom stereocenters. The van der Waals surface area contributed by atoms with E-state index in [0.29, 0.717) is 11.0 Å². The number of aryl methyl sites for hydroxylation is 1. The van der Waals surface area contributed by atoms with Crippen LogP contribution in [0.25, 0.3) is 0 Å². The lowest BCUT2D eigenvalue weighted by atomic mass is 9.99. The first-order valence-corrected chi connectivity index (χ1v) is 8.27. The number of ether oxygens (including phenoxy) is 1. The van der Waals surface area contributed by atoms with Gasteiger partial charge in [0.15, 0.2) is 5.11 Å². The number of hydrogen-bond donors (Lipinski definition) is 2. The molecule has 0 amide bonds. The molecule has 122 valence electrons. The van der Waals surface area contributed by atoms with Crippen LogP contribution in [-0.4, -0.2) is 12.2 Å². The van der Waals surface area contributed by atoms with Crippen molar-refractivity contribution in [1.82, 2.24) is 0 Å². The van der Waals surface area contributed by atoms with Crippen LogP contribution in [0.3, 0.4) is 0 Å². The van der Waals surface area contributed by atoms with Gasteiger partial charge < -0.3 is 15.4 Å². The molecule has 0 bridgehead atoms. The zero-order valence-electron chi connectivity index (χ0n) is 14.1. The van der Waals surface area contributed by atoms with Gasteiger partial charge in [-0.15, -0.1) is 0 Å². The summed E-state index contributed by atoms with van der Waals surface area (Å²) < 4.78 is 5.36. The van der Waals surface area contributed by atoms with Crippen LogP contribution < -0.4 is 15.4 Å². The predicted molar refractivity (Wildman–Crippen MR) is 103 cm³/mol. The van der Waals surface area contributed by atoms with Crippen LogP contribution in [0.5, 0.6) is 5.75 Å². The van der Waals surface area contributed by atoms with E-state index in [0.717, 1.165) is 29.1 Å². The van der Waals surface area contributed by atoms with Gasteiger partial charge in [-0.25, -0.2) is 0 Å². The topological polar surface area (TPSA) is 33.3 Å². The van der Waals surface area contributed by atoms with Crippen molar-refractivity contribution in [3.05, 3.63) is 53.6 Å². The second-order valence-corrected chi connectivity index (χ2v) is 6.12. The average Bonchev–Trinajstić information content (AvgIpc) is 2.55. The summed E-state index contributed by atoms with van der Waals surface area (Å²) in [6.07, 6.45) is 1.14. The third-order valence-electron chi connectivity index (χ3n) is 3.95. The van der Waals surface area contributed by atoms with Crippen molar-refractivity contribution in [2.45, 2.75) is 33.1 Å². The predicted octanol–water partition coefficient (Wildman–Crippen LogP) is 5.33. The first-order valence-electron chi connectivity index (χ1n) is 7.86. The lowest BCUT2D eigenvalue weighted by Crippen LogP contribution is -2.19. The largest absolute Gasteiger partial charge is 0.495 e. The van der Waals surface area contributed by atoms with Gasteiger partial charge in [-0.3, -0.25) is 0 Å². The molecule has 2 aromatic carbocycles. The third kappa shape index (κ3) is 4.70. The molecule has 0 radical (unpaired) electrons. The second-order valence-electron chi connectivity index (χ2n) is 5.71. The number of thiocarbonyl (C=S) groups is 1. The Morgan fingerprint density at radius 3 is 2.43 bits per heavy atom. The Morgan fingerprint density at radius 1 is 1.13 bits per heavy atom. The third-order valence-corrected chi connectivity index (χ3v) is 4.16. The summed E-state index contributed by atoms with van der Waals surface area (Å²) in [7, 11) is 1.65. The van der Waals surface area contributed by atoms with Crippen LogP contribution in [-0.2, 0) is 0 Å². The van der Waals surface area contributed by atoms with E-state index in [4.69, 9.17) is 17.0 Å². The van der Waals surface area contributed by atoms with Crippen molar-refractivity contribution in [2.75, 3.05) is 17.7 Å². The molecule has 2 aromatic rings. The molecule has 0 saturated heterocycles. The molecule has 0 spiro atoms. The van der Waals surface area contributed by atoms with Gasteiger partial charge in [-0.05, 0) is 66.9 Å². The summed E-state index contributed by atoms with van der Waals surface area (Å²) in [6.45, 7) is 6.47. The summed E-state index contributed by atoms with van der Waals surface area (Å²) in [6, 6.07) is 14.4. The summed E-state index contributed by atoms with van der Waals surface area (Å²) in [5.74, 6) is 1.34. The first-order chi connectivity index (χ1) is 11.0. The zero-order chi connectivity index (χ0) is 16.8. The number of benzene rings is 2. The highest BCUT2D eigenvalue weighted by atomic mass is 32.1. The van der Waals surface area contributed by atoms with Crippen LogP contribution >= 0.6 is 12.2 Å². The maximum Gasteiger partial charge on any atom is 0.175 e. The number of rotatable bonds is 5. The van der Waals surface area contributed by atoms with Crippen LogP contribution in [0.2, 0.25) is 0 Å². The molecule has 2 rings (SSSR count).